The van der Waals surface area contributed by atoms with E-state index in [1.165, 1.54) is 0 Å². The Bertz CT molecular complexity index is 1100. The summed E-state index contributed by atoms with van der Waals surface area (Å²) in [4.78, 5) is 24.1. The maximum atomic E-state index is 12.1. The topological polar surface area (TPSA) is 65.7 Å². The maximum absolute atomic E-state index is 12.1. The zero-order valence-electron chi connectivity index (χ0n) is 14.7. The van der Waals surface area contributed by atoms with Gasteiger partial charge in [0.15, 0.2) is 6.61 Å². The summed E-state index contributed by atoms with van der Waals surface area (Å²) in [6.07, 6.45) is 2.60. The summed E-state index contributed by atoms with van der Waals surface area (Å²) in [5.41, 5.74) is 2.94. The molecule has 138 valence electrons. The summed E-state index contributed by atoms with van der Waals surface area (Å²) >= 11 is 6.02. The van der Waals surface area contributed by atoms with Crippen LogP contribution in [0.25, 0.3) is 11.0 Å². The van der Waals surface area contributed by atoms with Gasteiger partial charge in [-0.15, -0.1) is 0 Å². The van der Waals surface area contributed by atoms with Gasteiger partial charge >= 0.3 is 11.6 Å². The lowest BCUT2D eigenvalue weighted by molar-refractivity contribution is -0.136. The molecular weight excluding hydrogens is 368 g/mol. The minimum absolute atomic E-state index is 0.287. The molecule has 2 aromatic carbocycles. The lowest BCUT2D eigenvalue weighted by Gasteiger charge is -2.10. The first kappa shape index (κ1) is 17.6. The quantitative estimate of drug-likeness (QED) is 0.382. The maximum Gasteiger partial charge on any atom is 0.349 e. The number of aryl methyl sites for hydroxylation is 2. The number of fused-ring (bicyclic) bond motifs is 3. The van der Waals surface area contributed by atoms with Crippen molar-refractivity contribution in [2.45, 2.75) is 26.2 Å². The van der Waals surface area contributed by atoms with Crippen molar-refractivity contribution in [1.82, 2.24) is 0 Å². The van der Waals surface area contributed by atoms with Crippen LogP contribution in [0, 0.1) is 6.92 Å². The van der Waals surface area contributed by atoms with E-state index in [-0.39, 0.29) is 12.2 Å². The van der Waals surface area contributed by atoms with Gasteiger partial charge in [-0.3, -0.25) is 0 Å². The predicted octanol–water partition coefficient (Wildman–Crippen LogP) is 4.23. The highest BCUT2D eigenvalue weighted by Gasteiger charge is 2.19. The number of hydrogen-bond donors (Lipinski definition) is 0. The lowest BCUT2D eigenvalue weighted by Crippen LogP contribution is -2.18. The van der Waals surface area contributed by atoms with E-state index in [1.807, 2.05) is 19.1 Å². The summed E-state index contributed by atoms with van der Waals surface area (Å²) < 4.78 is 16.2. The van der Waals surface area contributed by atoms with Crippen LogP contribution in [0.2, 0.25) is 5.02 Å². The predicted molar refractivity (Wildman–Crippen MR) is 102 cm³/mol. The van der Waals surface area contributed by atoms with Crippen molar-refractivity contribution in [3.63, 3.8) is 0 Å². The van der Waals surface area contributed by atoms with E-state index in [1.54, 1.807) is 24.3 Å². The van der Waals surface area contributed by atoms with E-state index >= 15 is 0 Å². The van der Waals surface area contributed by atoms with Crippen LogP contribution < -0.4 is 15.1 Å². The molecule has 0 saturated carbocycles. The van der Waals surface area contributed by atoms with Gasteiger partial charge < -0.3 is 13.9 Å². The van der Waals surface area contributed by atoms with Crippen molar-refractivity contribution in [3.05, 3.63) is 68.5 Å². The molecule has 0 radical (unpaired) electrons. The van der Waals surface area contributed by atoms with Crippen LogP contribution in [0.5, 0.6) is 11.5 Å². The second kappa shape index (κ2) is 7.08. The molecule has 27 heavy (non-hydrogen) atoms. The number of rotatable bonds is 4. The fourth-order valence-corrected chi connectivity index (χ4v) is 3.49. The van der Waals surface area contributed by atoms with Gasteiger partial charge in [-0.05, 0) is 61.6 Å². The molecule has 1 heterocycles. The van der Waals surface area contributed by atoms with Gasteiger partial charge in [-0.25, -0.2) is 9.59 Å². The normalized spacial score (nSPS) is 12.8. The van der Waals surface area contributed by atoms with Crippen molar-refractivity contribution < 1.29 is 18.7 Å². The van der Waals surface area contributed by atoms with Crippen LogP contribution in [0.1, 0.15) is 23.1 Å². The van der Waals surface area contributed by atoms with Gasteiger partial charge in [0.25, 0.3) is 0 Å². The lowest BCUT2D eigenvalue weighted by atomic mass is 10.1. The second-order valence-corrected chi connectivity index (χ2v) is 6.96. The smallest absolute Gasteiger partial charge is 0.349 e. The summed E-state index contributed by atoms with van der Waals surface area (Å²) in [7, 11) is 0. The van der Waals surface area contributed by atoms with E-state index in [0.717, 1.165) is 41.3 Å². The van der Waals surface area contributed by atoms with Gasteiger partial charge in [0.2, 0.25) is 0 Å². The monoisotopic (exact) mass is 384 g/mol. The SMILES string of the molecule is Cc1ccc(Cl)c(OC(=O)COc2ccc3c4c(c(=O)oc3c2)CCC4)c1. The molecule has 0 fully saturated rings. The zero-order chi connectivity index (χ0) is 19.0. The average molecular weight is 385 g/mol. The first-order chi connectivity index (χ1) is 13.0. The number of benzene rings is 2. The van der Waals surface area contributed by atoms with E-state index in [0.29, 0.717) is 22.1 Å². The van der Waals surface area contributed by atoms with Crippen LogP contribution in [0.3, 0.4) is 0 Å². The molecule has 0 amide bonds. The molecule has 5 nitrogen and oxygen atoms in total. The van der Waals surface area contributed by atoms with Gasteiger partial charge in [-0.1, -0.05) is 17.7 Å². The molecule has 1 aliphatic carbocycles. The first-order valence-electron chi connectivity index (χ1n) is 8.69. The Labute approximate surface area is 160 Å². The third-order valence-electron chi connectivity index (χ3n) is 4.61. The van der Waals surface area contributed by atoms with E-state index in [9.17, 15) is 9.59 Å². The minimum atomic E-state index is -0.571. The molecule has 0 spiro atoms. The Balaban J connectivity index is 1.49. The molecule has 6 heteroatoms. The largest absolute Gasteiger partial charge is 0.482 e. The first-order valence-corrected chi connectivity index (χ1v) is 9.07. The molecule has 0 bridgehead atoms. The number of carbonyl (C=O) groups is 1. The molecule has 0 atom stereocenters. The molecule has 0 unspecified atom stereocenters. The van der Waals surface area contributed by atoms with E-state index in [4.69, 9.17) is 25.5 Å². The Kier molecular flexibility index (Phi) is 4.62. The van der Waals surface area contributed by atoms with E-state index in [2.05, 4.69) is 0 Å². The number of hydrogen-bond acceptors (Lipinski definition) is 5. The Morgan fingerprint density at radius 3 is 2.81 bits per heavy atom. The standard InChI is InChI=1S/C21H17ClO5/c1-12-5-8-17(22)19(9-12)26-20(23)11-25-13-6-7-15-14-3-2-4-16(14)21(24)27-18(15)10-13/h5-10H,2-4,11H2,1H3. The number of carbonyl (C=O) groups excluding carboxylic acids is 1. The summed E-state index contributed by atoms with van der Waals surface area (Å²) in [6.45, 7) is 1.59. The Morgan fingerprint density at radius 2 is 1.96 bits per heavy atom. The molecule has 0 saturated heterocycles. The summed E-state index contributed by atoms with van der Waals surface area (Å²) in [6, 6.07) is 10.4. The molecule has 0 N–H and O–H groups in total. The van der Waals surface area contributed by atoms with Crippen molar-refractivity contribution in [3.8, 4) is 11.5 Å². The summed E-state index contributed by atoms with van der Waals surface area (Å²) in [5.74, 6) is 0.152. The molecule has 3 aromatic rings. The second-order valence-electron chi connectivity index (χ2n) is 6.55. The Hall–Kier alpha value is -2.79. The number of esters is 1. The van der Waals surface area contributed by atoms with E-state index < -0.39 is 5.97 Å². The van der Waals surface area contributed by atoms with Crippen LogP contribution in [0.15, 0.2) is 45.6 Å². The van der Waals surface area contributed by atoms with Crippen LogP contribution in [-0.2, 0) is 17.6 Å². The fourth-order valence-electron chi connectivity index (χ4n) is 3.34. The van der Waals surface area contributed by atoms with Gasteiger partial charge in [-0.2, -0.15) is 0 Å². The van der Waals surface area contributed by atoms with Crippen molar-refractivity contribution in [2.75, 3.05) is 6.61 Å². The molecular formula is C21H17ClO5. The summed E-state index contributed by atoms with van der Waals surface area (Å²) in [5, 5.41) is 1.28. The average Bonchev–Trinajstić information content (AvgIpc) is 3.13. The van der Waals surface area contributed by atoms with Gasteiger partial charge in [0.1, 0.15) is 17.1 Å². The molecule has 0 aliphatic heterocycles. The molecule has 1 aliphatic rings. The van der Waals surface area contributed by atoms with Crippen LogP contribution in [0.4, 0.5) is 0 Å². The highest BCUT2D eigenvalue weighted by atomic mass is 35.5. The third kappa shape index (κ3) is 3.55. The molecule has 1 aromatic heterocycles. The molecule has 4 rings (SSSR count). The Morgan fingerprint density at radius 1 is 1.15 bits per heavy atom. The number of ether oxygens (including phenoxy) is 2. The van der Waals surface area contributed by atoms with Crippen LogP contribution >= 0.6 is 11.6 Å². The van der Waals surface area contributed by atoms with Gasteiger partial charge in [0, 0.05) is 17.0 Å². The van der Waals surface area contributed by atoms with Crippen LogP contribution in [-0.4, -0.2) is 12.6 Å². The minimum Gasteiger partial charge on any atom is -0.482 e. The highest BCUT2D eigenvalue weighted by molar-refractivity contribution is 6.32. The zero-order valence-corrected chi connectivity index (χ0v) is 15.5. The number of halogens is 1. The van der Waals surface area contributed by atoms with Crippen molar-refractivity contribution >= 4 is 28.5 Å². The van der Waals surface area contributed by atoms with Crippen molar-refractivity contribution in [2.24, 2.45) is 0 Å². The fraction of sp³-hybridized carbons (Fsp3) is 0.238. The van der Waals surface area contributed by atoms with Gasteiger partial charge in [0.05, 0.1) is 5.02 Å². The third-order valence-corrected chi connectivity index (χ3v) is 4.92. The highest BCUT2D eigenvalue weighted by Crippen LogP contribution is 2.30. The van der Waals surface area contributed by atoms with Crippen molar-refractivity contribution in [1.29, 1.82) is 0 Å².